The van der Waals surface area contributed by atoms with Crippen LogP contribution in [0.4, 0.5) is 0 Å². The van der Waals surface area contributed by atoms with Crippen LogP contribution in [0.2, 0.25) is 0 Å². The molecule has 0 aliphatic rings. The maximum absolute atomic E-state index is 12.4. The minimum atomic E-state index is -0.113. The van der Waals surface area contributed by atoms with E-state index in [0.717, 1.165) is 0 Å². The predicted octanol–water partition coefficient (Wildman–Crippen LogP) is 2.88. The minimum absolute atomic E-state index is 0.0742. The average Bonchev–Trinajstić information content (AvgIpc) is 3.03. The number of aromatic nitrogens is 3. The molecule has 5 heteroatoms. The zero-order valence-electron chi connectivity index (χ0n) is 14.3. The zero-order chi connectivity index (χ0) is 17.8. The van der Waals surface area contributed by atoms with Gasteiger partial charge in [0.05, 0.1) is 12.6 Å². The summed E-state index contributed by atoms with van der Waals surface area (Å²) in [5, 5.41) is 7.95. The molecule has 0 radical (unpaired) electrons. The molecule has 2 heterocycles. The van der Waals surface area contributed by atoms with E-state index < -0.39 is 0 Å². The van der Waals surface area contributed by atoms with E-state index in [9.17, 15) is 4.79 Å². The van der Waals surface area contributed by atoms with Crippen LogP contribution >= 0.6 is 0 Å². The molecule has 0 amide bonds. The second kappa shape index (κ2) is 7.37. The van der Waals surface area contributed by atoms with Gasteiger partial charge in [-0.25, -0.2) is 9.48 Å². The van der Waals surface area contributed by atoms with Crippen molar-refractivity contribution >= 4 is 5.65 Å². The number of nitrogens with zero attached hydrogens (tertiary/aromatic N) is 3. The Balaban J connectivity index is 1.53. The van der Waals surface area contributed by atoms with Gasteiger partial charge in [0.15, 0.2) is 5.65 Å². The molecule has 0 spiro atoms. The van der Waals surface area contributed by atoms with Gasteiger partial charge in [-0.2, -0.15) is 0 Å². The molecule has 0 aliphatic carbocycles. The fourth-order valence-corrected chi connectivity index (χ4v) is 3.15. The highest BCUT2D eigenvalue weighted by Gasteiger charge is 2.13. The lowest BCUT2D eigenvalue weighted by Crippen LogP contribution is -2.30. The van der Waals surface area contributed by atoms with Crippen LogP contribution < -0.4 is 11.0 Å². The fraction of sp³-hybridized carbons (Fsp3) is 0.143. The second-order valence-electron chi connectivity index (χ2n) is 6.14. The van der Waals surface area contributed by atoms with Gasteiger partial charge in [-0.15, -0.1) is 5.10 Å². The van der Waals surface area contributed by atoms with E-state index >= 15 is 0 Å². The van der Waals surface area contributed by atoms with Gasteiger partial charge in [0.2, 0.25) is 0 Å². The van der Waals surface area contributed by atoms with E-state index in [1.807, 2.05) is 54.6 Å². The maximum Gasteiger partial charge on any atom is 0.350 e. The van der Waals surface area contributed by atoms with Gasteiger partial charge in [0.1, 0.15) is 0 Å². The van der Waals surface area contributed by atoms with Crippen molar-refractivity contribution in [1.82, 2.24) is 19.5 Å². The number of benzene rings is 2. The predicted molar refractivity (Wildman–Crippen MR) is 102 cm³/mol. The summed E-state index contributed by atoms with van der Waals surface area (Å²) in [6.45, 7) is 1.15. The standard InChI is InChI=1S/C21H20N4O/c26-21-24-15-8-7-13-19(24)23-25(21)16-14-22-20(17-9-3-1-4-10-17)18-11-5-2-6-12-18/h1-13,15,20,22H,14,16H2. The number of nitrogens with one attached hydrogen (secondary N) is 1. The largest absolute Gasteiger partial charge is 0.350 e. The highest BCUT2D eigenvalue weighted by molar-refractivity contribution is 5.35. The maximum atomic E-state index is 12.4. The first-order valence-corrected chi connectivity index (χ1v) is 8.70. The third-order valence-electron chi connectivity index (χ3n) is 4.43. The van der Waals surface area contributed by atoms with Crippen molar-refractivity contribution in [3.63, 3.8) is 0 Å². The van der Waals surface area contributed by atoms with E-state index in [2.05, 4.69) is 34.7 Å². The van der Waals surface area contributed by atoms with E-state index in [-0.39, 0.29) is 11.7 Å². The Kier molecular flexibility index (Phi) is 4.62. The molecular weight excluding hydrogens is 324 g/mol. The van der Waals surface area contributed by atoms with E-state index in [1.165, 1.54) is 15.8 Å². The first kappa shape index (κ1) is 16.3. The molecule has 1 N–H and O–H groups in total. The van der Waals surface area contributed by atoms with Crippen LogP contribution in [-0.2, 0) is 6.54 Å². The zero-order valence-corrected chi connectivity index (χ0v) is 14.3. The molecule has 26 heavy (non-hydrogen) atoms. The summed E-state index contributed by atoms with van der Waals surface area (Å²) in [5.41, 5.74) is 2.95. The van der Waals surface area contributed by atoms with Gasteiger partial charge >= 0.3 is 5.69 Å². The molecule has 4 rings (SSSR count). The molecule has 2 aromatic heterocycles. The normalized spacial score (nSPS) is 11.3. The lowest BCUT2D eigenvalue weighted by atomic mass is 9.99. The lowest BCUT2D eigenvalue weighted by Gasteiger charge is -2.19. The van der Waals surface area contributed by atoms with E-state index in [0.29, 0.717) is 18.7 Å². The summed E-state index contributed by atoms with van der Waals surface area (Å²) in [7, 11) is 0. The Morgan fingerprint density at radius 2 is 1.46 bits per heavy atom. The van der Waals surface area contributed by atoms with Gasteiger partial charge in [0, 0.05) is 12.7 Å². The molecule has 0 saturated heterocycles. The first-order chi connectivity index (χ1) is 12.8. The molecule has 5 nitrogen and oxygen atoms in total. The molecule has 0 bridgehead atoms. The van der Waals surface area contributed by atoms with Gasteiger partial charge in [0.25, 0.3) is 0 Å². The van der Waals surface area contributed by atoms with Crippen molar-refractivity contribution in [2.24, 2.45) is 0 Å². The van der Waals surface area contributed by atoms with Crippen LogP contribution in [0.1, 0.15) is 17.2 Å². The van der Waals surface area contributed by atoms with Crippen LogP contribution in [0, 0.1) is 0 Å². The highest BCUT2D eigenvalue weighted by Crippen LogP contribution is 2.21. The Morgan fingerprint density at radius 1 is 0.846 bits per heavy atom. The first-order valence-electron chi connectivity index (χ1n) is 8.70. The van der Waals surface area contributed by atoms with Crippen LogP contribution in [0.15, 0.2) is 89.9 Å². The van der Waals surface area contributed by atoms with Crippen molar-refractivity contribution in [1.29, 1.82) is 0 Å². The summed E-state index contributed by atoms with van der Waals surface area (Å²) >= 11 is 0. The minimum Gasteiger partial charge on any atom is -0.304 e. The number of hydrogen-bond donors (Lipinski definition) is 1. The summed E-state index contributed by atoms with van der Waals surface area (Å²) in [5.74, 6) is 0. The number of hydrogen-bond acceptors (Lipinski definition) is 3. The third kappa shape index (κ3) is 3.30. The Morgan fingerprint density at radius 3 is 2.08 bits per heavy atom. The topological polar surface area (TPSA) is 51.3 Å². The van der Waals surface area contributed by atoms with Crippen LogP contribution in [0.5, 0.6) is 0 Å². The number of rotatable bonds is 6. The van der Waals surface area contributed by atoms with Crippen molar-refractivity contribution < 1.29 is 0 Å². The molecule has 0 fully saturated rings. The molecule has 0 unspecified atom stereocenters. The summed E-state index contributed by atoms with van der Waals surface area (Å²) < 4.78 is 3.07. The van der Waals surface area contributed by atoms with Crippen molar-refractivity contribution in [3.05, 3.63) is 107 Å². The number of fused-ring (bicyclic) bond motifs is 1. The summed E-state index contributed by atoms with van der Waals surface area (Å²) in [4.78, 5) is 12.4. The van der Waals surface area contributed by atoms with Gasteiger partial charge in [-0.3, -0.25) is 4.40 Å². The molecule has 130 valence electrons. The quantitative estimate of drug-likeness (QED) is 0.585. The van der Waals surface area contributed by atoms with Crippen LogP contribution in [0.25, 0.3) is 5.65 Å². The summed E-state index contributed by atoms with van der Waals surface area (Å²) in [6.07, 6.45) is 1.74. The van der Waals surface area contributed by atoms with Gasteiger partial charge < -0.3 is 5.32 Å². The van der Waals surface area contributed by atoms with E-state index in [1.54, 1.807) is 10.6 Å². The van der Waals surface area contributed by atoms with Crippen molar-refractivity contribution in [2.45, 2.75) is 12.6 Å². The Hall–Kier alpha value is -3.18. The SMILES string of the molecule is O=c1n(CCNC(c2ccccc2)c2ccccc2)nc2ccccn12. The average molecular weight is 344 g/mol. The Labute approximate surface area is 151 Å². The summed E-state index contributed by atoms with van der Waals surface area (Å²) in [6, 6.07) is 26.3. The molecular formula is C21H20N4O. The van der Waals surface area contributed by atoms with E-state index in [4.69, 9.17) is 0 Å². The molecule has 4 aromatic rings. The second-order valence-corrected chi connectivity index (χ2v) is 6.14. The lowest BCUT2D eigenvalue weighted by molar-refractivity contribution is 0.512. The smallest absolute Gasteiger partial charge is 0.304 e. The van der Waals surface area contributed by atoms with Crippen LogP contribution in [0.3, 0.4) is 0 Å². The Bertz CT molecular complexity index is 998. The highest BCUT2D eigenvalue weighted by atomic mass is 16.2. The monoisotopic (exact) mass is 344 g/mol. The van der Waals surface area contributed by atoms with Gasteiger partial charge in [-0.1, -0.05) is 66.7 Å². The third-order valence-corrected chi connectivity index (χ3v) is 4.43. The molecule has 0 aliphatic heterocycles. The van der Waals surface area contributed by atoms with Crippen molar-refractivity contribution in [3.8, 4) is 0 Å². The van der Waals surface area contributed by atoms with Crippen molar-refractivity contribution in [2.75, 3.05) is 6.54 Å². The molecule has 0 atom stereocenters. The fourth-order valence-electron chi connectivity index (χ4n) is 3.15. The molecule has 0 saturated carbocycles. The number of pyridine rings is 1. The van der Waals surface area contributed by atoms with Crippen LogP contribution in [-0.4, -0.2) is 20.7 Å². The molecule has 2 aromatic carbocycles. The van der Waals surface area contributed by atoms with Gasteiger partial charge in [-0.05, 0) is 23.3 Å².